The van der Waals surface area contributed by atoms with Gasteiger partial charge in [0, 0.05) is 16.2 Å². The van der Waals surface area contributed by atoms with Crippen LogP contribution in [0.3, 0.4) is 0 Å². The van der Waals surface area contributed by atoms with Gasteiger partial charge >= 0.3 is 0 Å². The van der Waals surface area contributed by atoms with Crippen LogP contribution in [-0.2, 0) is 0 Å². The van der Waals surface area contributed by atoms with Crippen molar-refractivity contribution in [3.8, 4) is 0 Å². The van der Waals surface area contributed by atoms with E-state index in [1.54, 1.807) is 12.1 Å². The first kappa shape index (κ1) is 14.2. The Morgan fingerprint density at radius 1 is 1.47 bits per heavy atom. The molecule has 4 nitrogen and oxygen atoms in total. The number of halogens is 1. The molecule has 94 valence electrons. The molecule has 0 spiro atoms. The molecule has 17 heavy (non-hydrogen) atoms. The summed E-state index contributed by atoms with van der Waals surface area (Å²) in [5.41, 5.74) is 0.873. The minimum absolute atomic E-state index is 0.136. The monoisotopic (exact) mass is 348 g/mol. The largest absolute Gasteiger partial charge is 0.379 e. The first-order valence-corrected chi connectivity index (χ1v) is 6.61. The van der Waals surface area contributed by atoms with Crippen molar-refractivity contribution < 1.29 is 4.92 Å². The summed E-state index contributed by atoms with van der Waals surface area (Å²) in [6, 6.07) is 5.22. The van der Waals surface area contributed by atoms with E-state index in [-0.39, 0.29) is 16.0 Å². The number of nitrogens with one attached hydrogen (secondary N) is 1. The normalized spacial score (nSPS) is 11.3. The Labute approximate surface area is 115 Å². The van der Waals surface area contributed by atoms with Gasteiger partial charge in [-0.15, -0.1) is 0 Å². The SMILES string of the molecule is CCC(C)(C)CNc1ccc(I)cc1[N+](=O)[O-]. The minimum Gasteiger partial charge on any atom is -0.379 e. The molecule has 0 radical (unpaired) electrons. The fourth-order valence-electron chi connectivity index (χ4n) is 1.26. The van der Waals surface area contributed by atoms with Gasteiger partial charge in [-0.1, -0.05) is 20.8 Å². The molecule has 1 N–H and O–H groups in total. The van der Waals surface area contributed by atoms with Gasteiger partial charge in [0.1, 0.15) is 5.69 Å². The van der Waals surface area contributed by atoms with Gasteiger partial charge in [0.25, 0.3) is 5.69 Å². The van der Waals surface area contributed by atoms with Gasteiger partial charge in [-0.2, -0.15) is 0 Å². The van der Waals surface area contributed by atoms with E-state index in [4.69, 9.17) is 0 Å². The van der Waals surface area contributed by atoms with Gasteiger partial charge in [0.05, 0.1) is 4.92 Å². The molecule has 0 aliphatic heterocycles. The number of hydrogen-bond donors (Lipinski definition) is 1. The summed E-state index contributed by atoms with van der Waals surface area (Å²) in [7, 11) is 0. The van der Waals surface area contributed by atoms with Crippen molar-refractivity contribution in [3.63, 3.8) is 0 Å². The average molecular weight is 348 g/mol. The Balaban J connectivity index is 2.88. The lowest BCUT2D eigenvalue weighted by atomic mass is 9.90. The van der Waals surface area contributed by atoms with E-state index in [1.165, 1.54) is 0 Å². The molecule has 0 unspecified atom stereocenters. The lowest BCUT2D eigenvalue weighted by Gasteiger charge is -2.23. The van der Waals surface area contributed by atoms with E-state index in [0.717, 1.165) is 16.5 Å². The van der Waals surface area contributed by atoms with Crippen LogP contribution in [0.25, 0.3) is 0 Å². The molecule has 0 bridgehead atoms. The van der Waals surface area contributed by atoms with Gasteiger partial charge < -0.3 is 5.32 Å². The Bertz CT molecular complexity index is 419. The molecule has 0 atom stereocenters. The topological polar surface area (TPSA) is 55.2 Å². The third-order valence-corrected chi connectivity index (χ3v) is 3.54. The third kappa shape index (κ3) is 4.14. The summed E-state index contributed by atoms with van der Waals surface area (Å²) in [5.74, 6) is 0. The van der Waals surface area contributed by atoms with Crippen molar-refractivity contribution in [2.45, 2.75) is 27.2 Å². The van der Waals surface area contributed by atoms with Crippen molar-refractivity contribution >= 4 is 34.0 Å². The second-order valence-electron chi connectivity index (χ2n) is 4.79. The van der Waals surface area contributed by atoms with Crippen LogP contribution in [0.1, 0.15) is 27.2 Å². The fourth-order valence-corrected chi connectivity index (χ4v) is 1.74. The highest BCUT2D eigenvalue weighted by molar-refractivity contribution is 14.1. The predicted octanol–water partition coefficient (Wildman–Crippen LogP) is 4.05. The number of hydrogen-bond acceptors (Lipinski definition) is 3. The van der Waals surface area contributed by atoms with E-state index in [9.17, 15) is 10.1 Å². The van der Waals surface area contributed by atoms with Crippen molar-refractivity contribution in [2.24, 2.45) is 5.41 Å². The van der Waals surface area contributed by atoms with Crippen molar-refractivity contribution in [1.82, 2.24) is 0 Å². The van der Waals surface area contributed by atoms with Gasteiger partial charge in [-0.3, -0.25) is 10.1 Å². The fraction of sp³-hybridized carbons (Fsp3) is 0.500. The Hall–Kier alpha value is -0.850. The molecule has 5 heteroatoms. The quantitative estimate of drug-likeness (QED) is 0.496. The summed E-state index contributed by atoms with van der Waals surface area (Å²) in [6.07, 6.45) is 1.03. The maximum Gasteiger partial charge on any atom is 0.293 e. The van der Waals surface area contributed by atoms with Crippen LogP contribution in [0.15, 0.2) is 18.2 Å². The van der Waals surface area contributed by atoms with E-state index in [0.29, 0.717) is 5.69 Å². The highest BCUT2D eigenvalue weighted by atomic mass is 127. The molecule has 0 amide bonds. The van der Waals surface area contributed by atoms with E-state index >= 15 is 0 Å². The zero-order chi connectivity index (χ0) is 13.1. The third-order valence-electron chi connectivity index (χ3n) is 2.87. The maximum absolute atomic E-state index is 10.9. The number of rotatable bonds is 5. The van der Waals surface area contributed by atoms with Crippen molar-refractivity contribution in [2.75, 3.05) is 11.9 Å². The molecular formula is C12H17IN2O2. The van der Waals surface area contributed by atoms with Crippen LogP contribution < -0.4 is 5.32 Å². The summed E-state index contributed by atoms with van der Waals surface area (Å²) in [5, 5.41) is 14.1. The molecule has 1 aromatic carbocycles. The molecule has 0 saturated carbocycles. The number of nitrogens with zero attached hydrogens (tertiary/aromatic N) is 1. The highest BCUT2D eigenvalue weighted by Crippen LogP contribution is 2.28. The van der Waals surface area contributed by atoms with Crippen LogP contribution in [0.5, 0.6) is 0 Å². The highest BCUT2D eigenvalue weighted by Gasteiger charge is 2.18. The number of benzene rings is 1. The molecule has 0 heterocycles. The second-order valence-corrected chi connectivity index (χ2v) is 6.04. The molecule has 0 aliphatic carbocycles. The van der Waals surface area contributed by atoms with Crippen LogP contribution in [-0.4, -0.2) is 11.5 Å². The number of nitro groups is 1. The van der Waals surface area contributed by atoms with Gasteiger partial charge in [-0.05, 0) is 46.6 Å². The van der Waals surface area contributed by atoms with Crippen LogP contribution in [0.4, 0.5) is 11.4 Å². The lowest BCUT2D eigenvalue weighted by molar-refractivity contribution is -0.384. The first-order valence-electron chi connectivity index (χ1n) is 5.53. The van der Waals surface area contributed by atoms with Gasteiger partial charge in [0.15, 0.2) is 0 Å². The molecule has 1 rings (SSSR count). The number of nitro benzene ring substituents is 1. The smallest absolute Gasteiger partial charge is 0.293 e. The lowest BCUT2D eigenvalue weighted by Crippen LogP contribution is -2.22. The van der Waals surface area contributed by atoms with Crippen molar-refractivity contribution in [3.05, 3.63) is 31.9 Å². The first-order chi connectivity index (χ1) is 7.85. The molecular weight excluding hydrogens is 331 g/mol. The van der Waals surface area contributed by atoms with Crippen LogP contribution in [0.2, 0.25) is 0 Å². The van der Waals surface area contributed by atoms with E-state index < -0.39 is 0 Å². The Morgan fingerprint density at radius 3 is 2.65 bits per heavy atom. The number of anilines is 1. The second kappa shape index (κ2) is 5.66. The minimum atomic E-state index is -0.344. The Kier molecular flexibility index (Phi) is 4.73. The average Bonchev–Trinajstić information content (AvgIpc) is 2.27. The zero-order valence-electron chi connectivity index (χ0n) is 10.3. The summed E-state index contributed by atoms with van der Waals surface area (Å²) < 4.78 is 0.870. The van der Waals surface area contributed by atoms with E-state index in [1.807, 2.05) is 6.07 Å². The van der Waals surface area contributed by atoms with Gasteiger partial charge in [0.2, 0.25) is 0 Å². The molecule has 0 aliphatic rings. The van der Waals surface area contributed by atoms with E-state index in [2.05, 4.69) is 48.7 Å². The molecule has 1 aromatic rings. The maximum atomic E-state index is 10.9. The standard InChI is InChI=1S/C12H17IN2O2/c1-4-12(2,3)8-14-10-6-5-9(13)7-11(10)15(16)17/h5-7,14H,4,8H2,1-3H3. The van der Waals surface area contributed by atoms with Crippen LogP contribution >= 0.6 is 22.6 Å². The summed E-state index contributed by atoms with van der Waals surface area (Å²) in [6.45, 7) is 7.12. The van der Waals surface area contributed by atoms with Crippen LogP contribution in [0, 0.1) is 19.1 Å². The molecule has 0 saturated heterocycles. The molecule has 0 aromatic heterocycles. The summed E-state index contributed by atoms with van der Waals surface area (Å²) >= 11 is 2.08. The zero-order valence-corrected chi connectivity index (χ0v) is 12.4. The Morgan fingerprint density at radius 2 is 2.12 bits per heavy atom. The summed E-state index contributed by atoms with van der Waals surface area (Å²) in [4.78, 5) is 10.6. The van der Waals surface area contributed by atoms with Crippen molar-refractivity contribution in [1.29, 1.82) is 0 Å². The predicted molar refractivity (Wildman–Crippen MR) is 78.4 cm³/mol. The van der Waals surface area contributed by atoms with Gasteiger partial charge in [-0.25, -0.2) is 0 Å². The molecule has 0 fully saturated rings.